The number of benzene rings is 1. The maximum atomic E-state index is 13.6. The Morgan fingerprint density at radius 2 is 2.21 bits per heavy atom. The molecule has 72 valence electrons. The summed E-state index contributed by atoms with van der Waals surface area (Å²) in [4.78, 5) is 10.7. The van der Waals surface area contributed by atoms with Crippen molar-refractivity contribution in [2.75, 3.05) is 0 Å². The summed E-state index contributed by atoms with van der Waals surface area (Å²) in [5.74, 6) is -1.86. The summed E-state index contributed by atoms with van der Waals surface area (Å²) in [5.41, 5.74) is 0.518. The fraction of sp³-hybridized carbons (Fsp3) is 0.100. The minimum atomic E-state index is -1.23. The molecule has 0 radical (unpaired) electrons. The van der Waals surface area contributed by atoms with Crippen molar-refractivity contribution in [3.63, 3.8) is 0 Å². The maximum Gasteiger partial charge on any atom is 0.338 e. The summed E-state index contributed by atoms with van der Waals surface area (Å²) < 4.78 is 14.4. The summed E-state index contributed by atoms with van der Waals surface area (Å²) in [7, 11) is 0. The lowest BCUT2D eigenvalue weighted by Gasteiger charge is -1.99. The van der Waals surface area contributed by atoms with Crippen molar-refractivity contribution in [3.8, 4) is 0 Å². The molecule has 0 saturated carbocycles. The third-order valence-corrected chi connectivity index (χ3v) is 3.16. The van der Waals surface area contributed by atoms with Crippen molar-refractivity contribution < 1.29 is 14.3 Å². The number of carbonyl (C=O) groups is 1. The minimum Gasteiger partial charge on any atom is -0.478 e. The number of aryl methyl sites for hydroxylation is 1. The summed E-state index contributed by atoms with van der Waals surface area (Å²) in [6, 6.07) is 2.94. The summed E-state index contributed by atoms with van der Waals surface area (Å²) in [5, 5.41) is 11.0. The highest BCUT2D eigenvalue weighted by Crippen LogP contribution is 2.29. The molecule has 0 atom stereocenters. The van der Waals surface area contributed by atoms with Gasteiger partial charge in [0.1, 0.15) is 5.82 Å². The van der Waals surface area contributed by atoms with Gasteiger partial charge < -0.3 is 5.11 Å². The van der Waals surface area contributed by atoms with Crippen molar-refractivity contribution in [1.29, 1.82) is 0 Å². The molecule has 0 amide bonds. The van der Waals surface area contributed by atoms with E-state index in [1.807, 2.05) is 5.38 Å². The van der Waals surface area contributed by atoms with Gasteiger partial charge in [-0.2, -0.15) is 0 Å². The number of carboxylic acids is 1. The summed E-state index contributed by atoms with van der Waals surface area (Å²) in [6.07, 6.45) is 0. The van der Waals surface area contributed by atoms with Crippen molar-refractivity contribution in [3.05, 3.63) is 34.5 Å². The van der Waals surface area contributed by atoms with Gasteiger partial charge in [-0.25, -0.2) is 9.18 Å². The smallest absolute Gasteiger partial charge is 0.338 e. The topological polar surface area (TPSA) is 37.3 Å². The third-order valence-electron chi connectivity index (χ3n) is 2.09. The number of carboxylic acid groups (broad SMARTS) is 1. The number of hydrogen-bond donors (Lipinski definition) is 1. The maximum absolute atomic E-state index is 13.6. The molecule has 0 fully saturated rings. The van der Waals surface area contributed by atoms with Crippen LogP contribution in [0.25, 0.3) is 10.1 Å². The van der Waals surface area contributed by atoms with Gasteiger partial charge in [0, 0.05) is 10.1 Å². The lowest BCUT2D eigenvalue weighted by Crippen LogP contribution is -2.00. The largest absolute Gasteiger partial charge is 0.478 e. The van der Waals surface area contributed by atoms with E-state index >= 15 is 0 Å². The number of thiophene rings is 1. The molecule has 0 saturated heterocycles. The highest BCUT2D eigenvalue weighted by atomic mass is 32.1. The van der Waals surface area contributed by atoms with Gasteiger partial charge in [0.2, 0.25) is 0 Å². The Labute approximate surface area is 83.6 Å². The first-order chi connectivity index (χ1) is 6.61. The van der Waals surface area contributed by atoms with Crippen LogP contribution < -0.4 is 0 Å². The molecule has 2 aromatic rings. The first kappa shape index (κ1) is 9.15. The monoisotopic (exact) mass is 210 g/mol. The lowest BCUT2D eigenvalue weighted by molar-refractivity contribution is 0.0692. The summed E-state index contributed by atoms with van der Waals surface area (Å²) >= 11 is 1.42. The van der Waals surface area contributed by atoms with Crippen molar-refractivity contribution in [1.82, 2.24) is 0 Å². The van der Waals surface area contributed by atoms with Gasteiger partial charge in [0.25, 0.3) is 0 Å². The van der Waals surface area contributed by atoms with E-state index in [4.69, 9.17) is 5.11 Å². The molecule has 0 aliphatic carbocycles. The molecule has 1 aromatic heterocycles. The Bertz CT molecular complexity index is 516. The molecule has 0 aliphatic heterocycles. The average Bonchev–Trinajstić information content (AvgIpc) is 2.48. The Hall–Kier alpha value is -1.42. The second kappa shape index (κ2) is 3.06. The van der Waals surface area contributed by atoms with Crippen LogP contribution in [0.5, 0.6) is 0 Å². The van der Waals surface area contributed by atoms with Crippen LogP contribution in [0.3, 0.4) is 0 Å². The van der Waals surface area contributed by atoms with Crippen LogP contribution in [0, 0.1) is 12.7 Å². The minimum absolute atomic E-state index is 0.265. The zero-order valence-corrected chi connectivity index (χ0v) is 8.19. The average molecular weight is 210 g/mol. The van der Waals surface area contributed by atoms with Gasteiger partial charge in [-0.3, -0.25) is 0 Å². The van der Waals surface area contributed by atoms with Crippen molar-refractivity contribution in [2.45, 2.75) is 6.92 Å². The SMILES string of the molecule is Cc1csc2ccc(C(=O)O)c(F)c12. The van der Waals surface area contributed by atoms with Gasteiger partial charge >= 0.3 is 5.97 Å². The van der Waals surface area contributed by atoms with E-state index < -0.39 is 11.8 Å². The highest BCUT2D eigenvalue weighted by molar-refractivity contribution is 7.17. The van der Waals surface area contributed by atoms with E-state index in [0.717, 1.165) is 10.3 Å². The zero-order chi connectivity index (χ0) is 10.3. The van der Waals surface area contributed by atoms with Crippen LogP contribution in [0.1, 0.15) is 15.9 Å². The predicted molar refractivity (Wildman–Crippen MR) is 53.5 cm³/mol. The molecule has 0 unspecified atom stereocenters. The van der Waals surface area contributed by atoms with Crippen LogP contribution >= 0.6 is 11.3 Å². The Morgan fingerprint density at radius 1 is 1.50 bits per heavy atom. The first-order valence-electron chi connectivity index (χ1n) is 4.01. The third kappa shape index (κ3) is 1.19. The van der Waals surface area contributed by atoms with E-state index in [1.165, 1.54) is 17.4 Å². The second-order valence-corrected chi connectivity index (χ2v) is 3.94. The highest BCUT2D eigenvalue weighted by Gasteiger charge is 2.15. The number of fused-ring (bicyclic) bond motifs is 1. The fourth-order valence-corrected chi connectivity index (χ4v) is 2.34. The standard InChI is InChI=1S/C10H7FO2S/c1-5-4-14-7-3-2-6(10(12)13)9(11)8(5)7/h2-4H,1H3,(H,12,13). The molecule has 1 aromatic carbocycles. The van der Waals surface area contributed by atoms with E-state index in [-0.39, 0.29) is 5.56 Å². The van der Waals surface area contributed by atoms with Crippen LogP contribution in [0.4, 0.5) is 4.39 Å². The van der Waals surface area contributed by atoms with Gasteiger partial charge in [-0.1, -0.05) is 0 Å². The predicted octanol–water partition coefficient (Wildman–Crippen LogP) is 3.05. The van der Waals surface area contributed by atoms with Gasteiger partial charge in [-0.05, 0) is 30.0 Å². The molecular formula is C10H7FO2S. The second-order valence-electron chi connectivity index (χ2n) is 3.02. The molecule has 2 nitrogen and oxygen atoms in total. The number of halogens is 1. The Kier molecular flexibility index (Phi) is 2.00. The molecule has 4 heteroatoms. The van der Waals surface area contributed by atoms with E-state index in [1.54, 1.807) is 13.0 Å². The summed E-state index contributed by atoms with van der Waals surface area (Å²) in [6.45, 7) is 1.77. The van der Waals surface area contributed by atoms with Crippen molar-refractivity contribution >= 4 is 27.4 Å². The van der Waals surface area contributed by atoms with Crippen LogP contribution in [-0.4, -0.2) is 11.1 Å². The molecule has 0 bridgehead atoms. The Balaban J connectivity index is 2.86. The first-order valence-corrected chi connectivity index (χ1v) is 4.89. The molecular weight excluding hydrogens is 203 g/mol. The van der Waals surface area contributed by atoms with Gasteiger partial charge in [0.15, 0.2) is 0 Å². The molecule has 2 rings (SSSR count). The van der Waals surface area contributed by atoms with Crippen LogP contribution in [0.15, 0.2) is 17.5 Å². The number of hydrogen-bond acceptors (Lipinski definition) is 2. The van der Waals surface area contributed by atoms with Crippen molar-refractivity contribution in [2.24, 2.45) is 0 Å². The molecule has 0 aliphatic rings. The quantitative estimate of drug-likeness (QED) is 0.785. The zero-order valence-electron chi connectivity index (χ0n) is 7.37. The number of rotatable bonds is 1. The van der Waals surface area contributed by atoms with E-state index in [2.05, 4.69) is 0 Å². The Morgan fingerprint density at radius 3 is 2.86 bits per heavy atom. The normalized spacial score (nSPS) is 10.7. The van der Waals surface area contributed by atoms with Crippen LogP contribution in [0.2, 0.25) is 0 Å². The van der Waals surface area contributed by atoms with E-state index in [9.17, 15) is 9.18 Å². The molecule has 1 heterocycles. The van der Waals surface area contributed by atoms with E-state index in [0.29, 0.717) is 5.39 Å². The molecule has 0 spiro atoms. The van der Waals surface area contributed by atoms with Crippen LogP contribution in [-0.2, 0) is 0 Å². The fourth-order valence-electron chi connectivity index (χ4n) is 1.40. The molecule has 14 heavy (non-hydrogen) atoms. The number of aromatic carboxylic acids is 1. The molecule has 1 N–H and O–H groups in total. The van der Waals surface area contributed by atoms with Gasteiger partial charge in [-0.15, -0.1) is 11.3 Å². The lowest BCUT2D eigenvalue weighted by atomic mass is 10.1. The van der Waals surface area contributed by atoms with Gasteiger partial charge in [0.05, 0.1) is 5.56 Å².